The molecular weight excluding hydrogens is 444 g/mol. The van der Waals surface area contributed by atoms with Gasteiger partial charge in [-0.2, -0.15) is 0 Å². The lowest BCUT2D eigenvalue weighted by Gasteiger charge is -2.41. The smallest absolute Gasteiger partial charge is 0.408 e. The Balaban J connectivity index is 1.23. The van der Waals surface area contributed by atoms with Gasteiger partial charge < -0.3 is 20.5 Å². The molecule has 2 fully saturated rings. The summed E-state index contributed by atoms with van der Waals surface area (Å²) in [5, 5.41) is 15.3. The highest BCUT2D eigenvalue weighted by molar-refractivity contribution is 5.93. The van der Waals surface area contributed by atoms with Gasteiger partial charge in [0.15, 0.2) is 0 Å². The molecule has 7 nitrogen and oxygen atoms in total. The van der Waals surface area contributed by atoms with Crippen LogP contribution in [0, 0.1) is 5.92 Å². The van der Waals surface area contributed by atoms with Crippen LogP contribution in [0.4, 0.5) is 4.79 Å². The van der Waals surface area contributed by atoms with E-state index in [9.17, 15) is 19.5 Å². The van der Waals surface area contributed by atoms with Crippen LogP contribution < -0.4 is 10.6 Å². The molecule has 0 aromatic heterocycles. The highest BCUT2D eigenvalue weighted by Gasteiger charge is 2.48. The summed E-state index contributed by atoms with van der Waals surface area (Å²) in [6, 6.07) is 15.3. The maximum absolute atomic E-state index is 13.2. The molecule has 0 saturated heterocycles. The van der Waals surface area contributed by atoms with Crippen molar-refractivity contribution in [2.45, 2.75) is 68.9 Å². The molecule has 0 spiro atoms. The van der Waals surface area contributed by atoms with Gasteiger partial charge in [-0.05, 0) is 60.3 Å². The van der Waals surface area contributed by atoms with Crippen LogP contribution in [0.3, 0.4) is 0 Å². The summed E-state index contributed by atoms with van der Waals surface area (Å²) in [5.74, 6) is -1.57. The molecule has 3 aliphatic carbocycles. The normalized spacial score (nSPS) is 19.5. The quantitative estimate of drug-likeness (QED) is 0.542. The summed E-state index contributed by atoms with van der Waals surface area (Å²) < 4.78 is 5.64. The zero-order valence-electron chi connectivity index (χ0n) is 19.8. The number of rotatable bonds is 7. The van der Waals surface area contributed by atoms with Crippen molar-refractivity contribution in [3.63, 3.8) is 0 Å². The van der Waals surface area contributed by atoms with Crippen molar-refractivity contribution in [2.24, 2.45) is 5.92 Å². The minimum absolute atomic E-state index is 0.0676. The van der Waals surface area contributed by atoms with Gasteiger partial charge in [-0.3, -0.25) is 4.79 Å². The number of alkyl carbamates (subject to hydrolysis) is 1. The number of nitrogens with one attached hydrogen (secondary N) is 2. The van der Waals surface area contributed by atoms with Crippen LogP contribution in [0.2, 0.25) is 0 Å². The first-order valence-corrected chi connectivity index (χ1v) is 12.7. The molecule has 2 aromatic rings. The number of benzene rings is 2. The van der Waals surface area contributed by atoms with Crippen molar-refractivity contribution < 1.29 is 24.2 Å². The molecule has 35 heavy (non-hydrogen) atoms. The first kappa shape index (κ1) is 23.4. The molecule has 0 bridgehead atoms. The SMILES string of the molecule is O=C(NC1(C(=O)NC(C(=O)O)C2CCCCC2)CCC1)OCC1c2ccccc2-c2ccccc21. The third-order valence-corrected chi connectivity index (χ3v) is 8.00. The van der Waals surface area contributed by atoms with Crippen molar-refractivity contribution in [3.8, 4) is 11.1 Å². The number of hydrogen-bond acceptors (Lipinski definition) is 4. The molecule has 5 rings (SSSR count). The van der Waals surface area contributed by atoms with Crippen molar-refractivity contribution in [3.05, 3.63) is 59.7 Å². The number of carboxylic acid groups (broad SMARTS) is 1. The van der Waals surface area contributed by atoms with E-state index in [1.807, 2.05) is 24.3 Å². The van der Waals surface area contributed by atoms with E-state index in [1.165, 1.54) is 0 Å². The predicted octanol–water partition coefficient (Wildman–Crippen LogP) is 4.60. The van der Waals surface area contributed by atoms with Gasteiger partial charge in [-0.25, -0.2) is 9.59 Å². The largest absolute Gasteiger partial charge is 0.480 e. The van der Waals surface area contributed by atoms with Crippen molar-refractivity contribution in [2.75, 3.05) is 6.61 Å². The third-order valence-electron chi connectivity index (χ3n) is 8.00. The van der Waals surface area contributed by atoms with Crippen LogP contribution in [0.5, 0.6) is 0 Å². The fraction of sp³-hybridized carbons (Fsp3) is 0.464. The monoisotopic (exact) mass is 476 g/mol. The molecule has 0 radical (unpaired) electrons. The molecule has 3 aliphatic rings. The van der Waals surface area contributed by atoms with Gasteiger partial charge in [0, 0.05) is 5.92 Å². The molecule has 1 atom stereocenters. The number of ether oxygens (including phenoxy) is 1. The number of amides is 2. The summed E-state index contributed by atoms with van der Waals surface area (Å²) in [4.78, 5) is 37.9. The summed E-state index contributed by atoms with van der Waals surface area (Å²) >= 11 is 0. The zero-order valence-corrected chi connectivity index (χ0v) is 19.8. The minimum Gasteiger partial charge on any atom is -0.480 e. The molecule has 7 heteroatoms. The van der Waals surface area contributed by atoms with Crippen LogP contribution >= 0.6 is 0 Å². The van der Waals surface area contributed by atoms with Gasteiger partial charge in [0.25, 0.3) is 0 Å². The maximum Gasteiger partial charge on any atom is 0.408 e. The second kappa shape index (κ2) is 9.72. The molecule has 3 N–H and O–H groups in total. The number of carboxylic acids is 1. The van der Waals surface area contributed by atoms with Crippen molar-refractivity contribution in [1.82, 2.24) is 10.6 Å². The van der Waals surface area contributed by atoms with Crippen LogP contribution in [0.1, 0.15) is 68.4 Å². The standard InChI is InChI=1S/C28H32N2O5/c31-25(32)24(18-9-2-1-3-10-18)29-26(33)28(15-8-16-28)30-27(34)35-17-23-21-13-6-4-11-19(21)20-12-5-7-14-22(20)23/h4-7,11-14,18,23-24H,1-3,8-10,15-17H2,(H,29,33)(H,30,34)(H,31,32). The number of aliphatic carboxylic acids is 1. The highest BCUT2D eigenvalue weighted by Crippen LogP contribution is 2.44. The van der Waals surface area contributed by atoms with E-state index in [0.717, 1.165) is 60.8 Å². The zero-order chi connectivity index (χ0) is 24.4. The van der Waals surface area contributed by atoms with Crippen LogP contribution in [-0.2, 0) is 14.3 Å². The van der Waals surface area contributed by atoms with E-state index in [-0.39, 0.29) is 18.4 Å². The molecular formula is C28H32N2O5. The third kappa shape index (κ3) is 4.51. The fourth-order valence-electron chi connectivity index (χ4n) is 5.90. The van der Waals surface area contributed by atoms with E-state index in [2.05, 4.69) is 34.9 Å². The fourth-order valence-corrected chi connectivity index (χ4v) is 5.90. The second-order valence-electron chi connectivity index (χ2n) is 10.1. The van der Waals surface area contributed by atoms with Crippen LogP contribution in [0.15, 0.2) is 48.5 Å². The minimum atomic E-state index is -1.11. The van der Waals surface area contributed by atoms with Gasteiger partial charge in [0.2, 0.25) is 5.91 Å². The Morgan fingerprint density at radius 3 is 2.06 bits per heavy atom. The average Bonchev–Trinajstić information content (AvgIpc) is 3.17. The summed E-state index contributed by atoms with van der Waals surface area (Å²) in [5.41, 5.74) is 3.43. The Kier molecular flexibility index (Phi) is 6.50. The lowest BCUT2D eigenvalue weighted by molar-refractivity contribution is -0.145. The maximum atomic E-state index is 13.2. The number of hydrogen-bond donors (Lipinski definition) is 3. The van der Waals surface area contributed by atoms with Gasteiger partial charge in [-0.1, -0.05) is 67.8 Å². The van der Waals surface area contributed by atoms with Crippen molar-refractivity contribution >= 4 is 18.0 Å². The number of fused-ring (bicyclic) bond motifs is 3. The summed E-state index contributed by atoms with van der Waals surface area (Å²) in [6.07, 6.45) is 5.74. The Bertz CT molecular complexity index is 1070. The van der Waals surface area contributed by atoms with Crippen LogP contribution in [0.25, 0.3) is 11.1 Å². The van der Waals surface area contributed by atoms with Crippen LogP contribution in [-0.4, -0.2) is 41.3 Å². The van der Waals surface area contributed by atoms with Gasteiger partial charge >= 0.3 is 12.1 Å². The van der Waals surface area contributed by atoms with Gasteiger partial charge in [0.05, 0.1) is 0 Å². The van der Waals surface area contributed by atoms with Gasteiger partial charge in [-0.15, -0.1) is 0 Å². The Hall–Kier alpha value is -3.35. The summed E-state index contributed by atoms with van der Waals surface area (Å²) in [7, 11) is 0. The number of carbonyl (C=O) groups excluding carboxylic acids is 2. The summed E-state index contributed by atoms with van der Waals surface area (Å²) in [6.45, 7) is 0.164. The average molecular weight is 477 g/mol. The lowest BCUT2D eigenvalue weighted by Crippen LogP contribution is -2.65. The molecule has 2 saturated carbocycles. The second-order valence-corrected chi connectivity index (χ2v) is 10.1. The highest BCUT2D eigenvalue weighted by atomic mass is 16.5. The molecule has 0 heterocycles. The predicted molar refractivity (Wildman–Crippen MR) is 131 cm³/mol. The molecule has 2 aromatic carbocycles. The molecule has 184 valence electrons. The van der Waals surface area contributed by atoms with E-state index in [1.54, 1.807) is 0 Å². The van der Waals surface area contributed by atoms with Crippen molar-refractivity contribution in [1.29, 1.82) is 0 Å². The molecule has 0 aliphatic heterocycles. The number of carbonyl (C=O) groups is 3. The lowest BCUT2D eigenvalue weighted by atomic mass is 9.75. The van der Waals surface area contributed by atoms with E-state index < -0.39 is 29.6 Å². The van der Waals surface area contributed by atoms with E-state index in [0.29, 0.717) is 12.8 Å². The first-order chi connectivity index (χ1) is 17.0. The van der Waals surface area contributed by atoms with Gasteiger partial charge in [0.1, 0.15) is 18.2 Å². The van der Waals surface area contributed by atoms with E-state index in [4.69, 9.17) is 4.74 Å². The Morgan fingerprint density at radius 2 is 1.51 bits per heavy atom. The molecule has 1 unspecified atom stereocenters. The molecule has 2 amide bonds. The topological polar surface area (TPSA) is 105 Å². The Morgan fingerprint density at radius 1 is 0.914 bits per heavy atom. The Labute approximate surface area is 205 Å². The first-order valence-electron chi connectivity index (χ1n) is 12.7. The van der Waals surface area contributed by atoms with E-state index >= 15 is 0 Å².